The summed E-state index contributed by atoms with van der Waals surface area (Å²) in [6.45, 7) is 3.99. The van der Waals surface area contributed by atoms with Crippen LogP contribution in [-0.2, 0) is 17.6 Å². The van der Waals surface area contributed by atoms with Crippen molar-refractivity contribution in [3.63, 3.8) is 0 Å². The van der Waals surface area contributed by atoms with E-state index in [0.29, 0.717) is 24.3 Å². The number of aryl methyl sites for hydroxylation is 1. The van der Waals surface area contributed by atoms with E-state index in [-0.39, 0.29) is 17.8 Å². The van der Waals surface area contributed by atoms with Crippen LogP contribution in [0.2, 0.25) is 0 Å². The summed E-state index contributed by atoms with van der Waals surface area (Å²) in [6, 6.07) is 4.49. The number of para-hydroxylation sites is 1. The highest BCUT2D eigenvalue weighted by molar-refractivity contribution is 5.95. The number of nitrogens with zero attached hydrogens (tertiary/aromatic N) is 3. The molecule has 1 fully saturated rings. The van der Waals surface area contributed by atoms with E-state index in [4.69, 9.17) is 0 Å². The summed E-state index contributed by atoms with van der Waals surface area (Å²) in [6.07, 6.45) is 2.82. The fraction of sp³-hybridized carbons (Fsp3) is 0.450. The lowest BCUT2D eigenvalue weighted by Gasteiger charge is -2.22. The zero-order chi connectivity index (χ0) is 19.3. The highest BCUT2D eigenvalue weighted by atomic mass is 19.1. The van der Waals surface area contributed by atoms with Gasteiger partial charge in [-0.25, -0.2) is 9.07 Å². The minimum absolute atomic E-state index is 0.253. The van der Waals surface area contributed by atoms with Crippen molar-refractivity contribution in [3.8, 4) is 5.69 Å². The zero-order valence-corrected chi connectivity index (χ0v) is 15.4. The molecule has 1 aliphatic carbocycles. The molecule has 6 nitrogen and oxygen atoms in total. The first kappa shape index (κ1) is 17.7. The molecule has 1 amide bonds. The minimum Gasteiger partial charge on any atom is -0.481 e. The van der Waals surface area contributed by atoms with Crippen LogP contribution in [-0.4, -0.2) is 44.3 Å². The second-order valence-corrected chi connectivity index (χ2v) is 7.42. The number of hydrogen-bond donors (Lipinski definition) is 1. The summed E-state index contributed by atoms with van der Waals surface area (Å²) >= 11 is 0. The second-order valence-electron chi connectivity index (χ2n) is 7.42. The van der Waals surface area contributed by atoms with Gasteiger partial charge in [-0.3, -0.25) is 9.59 Å². The molecule has 7 heteroatoms. The van der Waals surface area contributed by atoms with Crippen molar-refractivity contribution >= 4 is 11.9 Å². The van der Waals surface area contributed by atoms with Crippen LogP contribution in [0, 0.1) is 18.7 Å². The molecule has 1 aromatic heterocycles. The normalized spacial score (nSPS) is 21.5. The Bertz CT molecular complexity index is 917. The van der Waals surface area contributed by atoms with E-state index >= 15 is 0 Å². The Hall–Kier alpha value is -2.70. The van der Waals surface area contributed by atoms with Crippen molar-refractivity contribution in [1.29, 1.82) is 0 Å². The monoisotopic (exact) mass is 371 g/mol. The Morgan fingerprint density at radius 2 is 2.07 bits per heavy atom. The number of hydrogen-bond acceptors (Lipinski definition) is 3. The molecule has 0 spiro atoms. The van der Waals surface area contributed by atoms with Gasteiger partial charge in [0.1, 0.15) is 11.5 Å². The Morgan fingerprint density at radius 3 is 2.74 bits per heavy atom. The molecule has 27 heavy (non-hydrogen) atoms. The van der Waals surface area contributed by atoms with Gasteiger partial charge < -0.3 is 10.0 Å². The third-order valence-corrected chi connectivity index (χ3v) is 5.87. The number of amides is 1. The van der Waals surface area contributed by atoms with E-state index in [1.807, 2.05) is 13.0 Å². The van der Waals surface area contributed by atoms with Crippen LogP contribution in [0.4, 0.5) is 4.39 Å². The molecule has 1 aromatic carbocycles. The summed E-state index contributed by atoms with van der Waals surface area (Å²) in [5.74, 6) is -2.06. The van der Waals surface area contributed by atoms with Gasteiger partial charge >= 0.3 is 5.97 Å². The molecule has 2 unspecified atom stereocenters. The van der Waals surface area contributed by atoms with Crippen molar-refractivity contribution < 1.29 is 19.1 Å². The lowest BCUT2D eigenvalue weighted by molar-refractivity contribution is -0.142. The van der Waals surface area contributed by atoms with Crippen LogP contribution in [0.5, 0.6) is 0 Å². The zero-order valence-electron chi connectivity index (χ0n) is 15.4. The Morgan fingerprint density at radius 1 is 1.30 bits per heavy atom. The van der Waals surface area contributed by atoms with Crippen molar-refractivity contribution in [2.24, 2.45) is 5.92 Å². The van der Waals surface area contributed by atoms with Gasteiger partial charge in [0.25, 0.3) is 5.91 Å². The Labute approximate surface area is 156 Å². The maximum atomic E-state index is 14.5. The number of halogens is 1. The number of carboxylic acid groups (broad SMARTS) is 1. The number of carbonyl (C=O) groups excluding carboxylic acids is 1. The third kappa shape index (κ3) is 2.72. The van der Waals surface area contributed by atoms with Crippen molar-refractivity contribution in [3.05, 3.63) is 46.5 Å². The van der Waals surface area contributed by atoms with Gasteiger partial charge in [-0.15, -0.1) is 0 Å². The van der Waals surface area contributed by atoms with Crippen molar-refractivity contribution in [2.45, 2.75) is 45.6 Å². The fourth-order valence-corrected chi connectivity index (χ4v) is 4.38. The summed E-state index contributed by atoms with van der Waals surface area (Å²) in [5.41, 5.74) is 3.23. The van der Waals surface area contributed by atoms with Gasteiger partial charge in [0, 0.05) is 23.8 Å². The average molecular weight is 371 g/mol. The molecule has 2 aliphatic rings. The smallest absolute Gasteiger partial charge is 0.308 e. The molecule has 0 saturated carbocycles. The molecule has 142 valence electrons. The number of aromatic nitrogens is 2. The summed E-state index contributed by atoms with van der Waals surface area (Å²) < 4.78 is 16.1. The van der Waals surface area contributed by atoms with E-state index in [1.54, 1.807) is 22.6 Å². The first-order valence-corrected chi connectivity index (χ1v) is 9.30. The van der Waals surface area contributed by atoms with Gasteiger partial charge in [-0.1, -0.05) is 12.1 Å². The first-order chi connectivity index (χ1) is 12.9. The number of aliphatic carboxylic acids is 1. The van der Waals surface area contributed by atoms with Crippen LogP contribution in [0.15, 0.2) is 18.2 Å². The number of rotatable bonds is 3. The molecule has 1 saturated heterocycles. The van der Waals surface area contributed by atoms with E-state index in [9.17, 15) is 19.1 Å². The largest absolute Gasteiger partial charge is 0.481 e. The molecular formula is C20H22FN3O3. The van der Waals surface area contributed by atoms with Gasteiger partial charge in [0.15, 0.2) is 5.69 Å². The average Bonchev–Trinajstić information content (AvgIpc) is 3.30. The number of carboxylic acids is 1. The van der Waals surface area contributed by atoms with Crippen LogP contribution >= 0.6 is 0 Å². The number of fused-ring (bicyclic) bond motifs is 1. The number of carbonyl (C=O) groups is 2. The standard InChI is InChI=1S/C20H22FN3O3/c1-11-5-3-7-15(21)18(11)24-16-8-4-6-14(16)17(22-24)19(25)23-10-9-13(12(23)2)20(26)27/h3,5,7,12-13H,4,6,8-10H2,1-2H3,(H,26,27). The Kier molecular flexibility index (Phi) is 4.25. The second kappa shape index (κ2) is 6.48. The lowest BCUT2D eigenvalue weighted by Crippen LogP contribution is -2.38. The summed E-state index contributed by atoms with van der Waals surface area (Å²) in [7, 11) is 0. The summed E-state index contributed by atoms with van der Waals surface area (Å²) in [4.78, 5) is 26.1. The molecule has 2 atom stereocenters. The highest BCUT2D eigenvalue weighted by Crippen LogP contribution is 2.32. The van der Waals surface area contributed by atoms with Gasteiger partial charge in [0.2, 0.25) is 0 Å². The van der Waals surface area contributed by atoms with Crippen LogP contribution < -0.4 is 0 Å². The molecule has 0 bridgehead atoms. The van der Waals surface area contributed by atoms with Crippen molar-refractivity contribution in [1.82, 2.24) is 14.7 Å². The van der Waals surface area contributed by atoms with E-state index in [1.165, 1.54) is 6.07 Å². The molecule has 2 aromatic rings. The molecule has 1 N–H and O–H groups in total. The van der Waals surface area contributed by atoms with Gasteiger partial charge in [-0.05, 0) is 51.2 Å². The maximum Gasteiger partial charge on any atom is 0.308 e. The molecular weight excluding hydrogens is 349 g/mol. The van der Waals surface area contributed by atoms with Crippen LogP contribution in [0.3, 0.4) is 0 Å². The predicted molar refractivity (Wildman–Crippen MR) is 96.5 cm³/mol. The van der Waals surface area contributed by atoms with E-state index in [2.05, 4.69) is 5.10 Å². The molecule has 0 radical (unpaired) electrons. The number of benzene rings is 1. The SMILES string of the molecule is Cc1cccc(F)c1-n1nc(C(=O)N2CCC(C(=O)O)C2C)c2c1CCC2. The molecule has 1 aliphatic heterocycles. The quantitative estimate of drug-likeness (QED) is 0.900. The molecule has 4 rings (SSSR count). The number of likely N-dealkylation sites (tertiary alicyclic amines) is 1. The molecule has 2 heterocycles. The van der Waals surface area contributed by atoms with E-state index in [0.717, 1.165) is 36.1 Å². The van der Waals surface area contributed by atoms with Crippen LogP contribution in [0.25, 0.3) is 5.69 Å². The Balaban J connectivity index is 1.76. The topological polar surface area (TPSA) is 75.4 Å². The maximum absolute atomic E-state index is 14.5. The first-order valence-electron chi connectivity index (χ1n) is 9.30. The van der Waals surface area contributed by atoms with Crippen molar-refractivity contribution in [2.75, 3.05) is 6.54 Å². The van der Waals surface area contributed by atoms with Gasteiger partial charge in [0.05, 0.1) is 5.92 Å². The lowest BCUT2D eigenvalue weighted by atomic mass is 10.0. The highest BCUT2D eigenvalue weighted by Gasteiger charge is 2.40. The van der Waals surface area contributed by atoms with Gasteiger partial charge in [-0.2, -0.15) is 5.10 Å². The van der Waals surface area contributed by atoms with E-state index < -0.39 is 11.9 Å². The fourth-order valence-electron chi connectivity index (χ4n) is 4.38. The minimum atomic E-state index is -0.879. The van der Waals surface area contributed by atoms with Crippen LogP contribution in [0.1, 0.15) is 47.1 Å². The summed E-state index contributed by atoms with van der Waals surface area (Å²) in [5, 5.41) is 13.8. The third-order valence-electron chi connectivity index (χ3n) is 5.87. The predicted octanol–water partition coefficient (Wildman–Crippen LogP) is 2.74.